The number of likely N-dealkylation sites (tertiary alicyclic amines) is 1. The fraction of sp³-hybridized carbons (Fsp3) is 0.333. The zero-order valence-corrected chi connectivity index (χ0v) is 16.5. The topological polar surface area (TPSA) is 89.4 Å². The zero-order chi connectivity index (χ0) is 20.4. The highest BCUT2D eigenvalue weighted by Crippen LogP contribution is 2.28. The molecule has 2 amide bonds. The lowest BCUT2D eigenvalue weighted by Gasteiger charge is -2.33. The molecular formula is C21H23N5O3. The molecule has 0 aliphatic carbocycles. The maximum Gasteiger partial charge on any atom is 0.337 e. The van der Waals surface area contributed by atoms with Gasteiger partial charge in [0.15, 0.2) is 5.65 Å². The number of urea groups is 1. The van der Waals surface area contributed by atoms with Crippen LogP contribution in [-0.4, -0.2) is 51.6 Å². The number of piperidine rings is 1. The number of esters is 1. The second-order valence-electron chi connectivity index (χ2n) is 7.09. The first-order valence-electron chi connectivity index (χ1n) is 9.60. The Kier molecular flexibility index (Phi) is 5.16. The Hall–Kier alpha value is -3.42. The van der Waals surface area contributed by atoms with Gasteiger partial charge in [0.05, 0.1) is 12.7 Å². The first-order valence-corrected chi connectivity index (χ1v) is 9.60. The van der Waals surface area contributed by atoms with Crippen LogP contribution in [0.5, 0.6) is 0 Å². The monoisotopic (exact) mass is 393 g/mol. The summed E-state index contributed by atoms with van der Waals surface area (Å²) in [5.74, 6) is 0.550. The number of pyridine rings is 1. The lowest BCUT2D eigenvalue weighted by Crippen LogP contribution is -2.41. The number of carbonyl (C=O) groups is 2. The van der Waals surface area contributed by atoms with Gasteiger partial charge in [-0.15, -0.1) is 0 Å². The number of aryl methyl sites for hydroxylation is 1. The summed E-state index contributed by atoms with van der Waals surface area (Å²) in [6.07, 6.45) is 3.48. The average Bonchev–Trinajstić information content (AvgIpc) is 3.09. The molecule has 4 rings (SSSR count). The molecule has 8 heteroatoms. The Morgan fingerprint density at radius 1 is 1.14 bits per heavy atom. The number of hydrogen-bond donors (Lipinski definition) is 1. The van der Waals surface area contributed by atoms with E-state index >= 15 is 0 Å². The van der Waals surface area contributed by atoms with Crippen molar-refractivity contribution in [3.8, 4) is 0 Å². The molecule has 3 aromatic rings. The van der Waals surface area contributed by atoms with E-state index in [1.54, 1.807) is 30.5 Å². The van der Waals surface area contributed by atoms with Crippen LogP contribution in [0.2, 0.25) is 0 Å². The Balaban J connectivity index is 1.38. The summed E-state index contributed by atoms with van der Waals surface area (Å²) in [7, 11) is 1.34. The van der Waals surface area contributed by atoms with E-state index in [1.807, 2.05) is 24.0 Å². The van der Waals surface area contributed by atoms with Crippen molar-refractivity contribution in [1.82, 2.24) is 19.4 Å². The van der Waals surface area contributed by atoms with Gasteiger partial charge in [0.1, 0.15) is 11.3 Å². The Morgan fingerprint density at radius 3 is 2.55 bits per heavy atom. The molecule has 1 aliphatic rings. The fourth-order valence-corrected chi connectivity index (χ4v) is 3.82. The summed E-state index contributed by atoms with van der Waals surface area (Å²) < 4.78 is 6.87. The molecule has 0 unspecified atom stereocenters. The van der Waals surface area contributed by atoms with Gasteiger partial charge < -0.3 is 19.5 Å². The fourth-order valence-electron chi connectivity index (χ4n) is 3.82. The van der Waals surface area contributed by atoms with E-state index in [9.17, 15) is 9.59 Å². The molecule has 3 heterocycles. The van der Waals surface area contributed by atoms with Crippen LogP contribution in [0.25, 0.3) is 11.2 Å². The minimum Gasteiger partial charge on any atom is -0.465 e. The summed E-state index contributed by atoms with van der Waals surface area (Å²) in [6, 6.07) is 10.7. The summed E-state index contributed by atoms with van der Waals surface area (Å²) >= 11 is 0. The summed E-state index contributed by atoms with van der Waals surface area (Å²) in [5.41, 5.74) is 2.90. The van der Waals surface area contributed by atoms with Gasteiger partial charge in [0.25, 0.3) is 0 Å². The van der Waals surface area contributed by atoms with E-state index in [4.69, 9.17) is 0 Å². The van der Waals surface area contributed by atoms with Gasteiger partial charge >= 0.3 is 12.0 Å². The number of ether oxygens (including phenoxy) is 1. The first kappa shape index (κ1) is 18.9. The van der Waals surface area contributed by atoms with Gasteiger partial charge in [-0.3, -0.25) is 0 Å². The zero-order valence-electron chi connectivity index (χ0n) is 16.5. The van der Waals surface area contributed by atoms with Crippen molar-refractivity contribution in [2.45, 2.75) is 25.8 Å². The molecule has 0 saturated carbocycles. The van der Waals surface area contributed by atoms with Crippen LogP contribution in [0.3, 0.4) is 0 Å². The van der Waals surface area contributed by atoms with Crippen LogP contribution in [0, 0.1) is 6.92 Å². The molecule has 1 fully saturated rings. The summed E-state index contributed by atoms with van der Waals surface area (Å²) in [6.45, 7) is 3.31. The van der Waals surface area contributed by atoms with Crippen molar-refractivity contribution in [3.63, 3.8) is 0 Å². The van der Waals surface area contributed by atoms with Crippen LogP contribution in [0.15, 0.2) is 42.6 Å². The number of imidazole rings is 1. The minimum absolute atomic E-state index is 0.139. The van der Waals surface area contributed by atoms with Gasteiger partial charge in [-0.25, -0.2) is 19.6 Å². The van der Waals surface area contributed by atoms with Crippen molar-refractivity contribution in [2.75, 3.05) is 25.5 Å². The molecule has 1 N–H and O–H groups in total. The first-order chi connectivity index (χ1) is 14.1. The number of amides is 2. The number of carbonyl (C=O) groups excluding carboxylic acids is 2. The molecule has 0 radical (unpaired) electrons. The second-order valence-corrected chi connectivity index (χ2v) is 7.09. The number of rotatable bonds is 3. The molecule has 1 aromatic carbocycles. The third-order valence-corrected chi connectivity index (χ3v) is 5.30. The van der Waals surface area contributed by atoms with Crippen LogP contribution in [0.4, 0.5) is 10.5 Å². The number of benzene rings is 1. The van der Waals surface area contributed by atoms with Crippen molar-refractivity contribution < 1.29 is 14.3 Å². The number of nitrogens with zero attached hydrogens (tertiary/aromatic N) is 4. The van der Waals surface area contributed by atoms with E-state index in [2.05, 4.69) is 24.6 Å². The predicted octanol–water partition coefficient (Wildman–Crippen LogP) is 3.40. The number of fused-ring (bicyclic) bond motifs is 1. The molecule has 29 heavy (non-hydrogen) atoms. The SMILES string of the molecule is COC(=O)c1ccc(NC(=O)N2CCC(n3c(C)nc4cccnc43)CC2)cc1. The highest BCUT2D eigenvalue weighted by Gasteiger charge is 2.26. The number of methoxy groups -OCH3 is 1. The highest BCUT2D eigenvalue weighted by molar-refractivity contribution is 5.92. The highest BCUT2D eigenvalue weighted by atomic mass is 16.5. The third-order valence-electron chi connectivity index (χ3n) is 5.30. The lowest BCUT2D eigenvalue weighted by atomic mass is 10.0. The molecule has 2 aromatic heterocycles. The molecule has 8 nitrogen and oxygen atoms in total. The number of nitrogens with one attached hydrogen (secondary N) is 1. The van der Waals surface area contributed by atoms with Crippen LogP contribution in [0.1, 0.15) is 35.1 Å². The van der Waals surface area contributed by atoms with Crippen molar-refractivity contribution in [3.05, 3.63) is 54.0 Å². The van der Waals surface area contributed by atoms with E-state index in [0.717, 1.165) is 29.8 Å². The Labute approximate surface area is 168 Å². The van der Waals surface area contributed by atoms with Gasteiger partial charge in [-0.05, 0) is 56.2 Å². The Bertz CT molecular complexity index is 1040. The number of hydrogen-bond acceptors (Lipinski definition) is 5. The molecule has 1 aliphatic heterocycles. The van der Waals surface area contributed by atoms with E-state index < -0.39 is 5.97 Å². The molecule has 0 atom stereocenters. The van der Waals surface area contributed by atoms with Crippen LogP contribution in [-0.2, 0) is 4.74 Å². The predicted molar refractivity (Wildman–Crippen MR) is 109 cm³/mol. The number of anilines is 1. The third kappa shape index (κ3) is 3.78. The maximum atomic E-state index is 12.6. The summed E-state index contributed by atoms with van der Waals surface area (Å²) in [5, 5.41) is 2.89. The quantitative estimate of drug-likeness (QED) is 0.689. The number of aromatic nitrogens is 3. The van der Waals surface area contributed by atoms with Crippen LogP contribution < -0.4 is 5.32 Å². The molecule has 0 bridgehead atoms. The summed E-state index contributed by atoms with van der Waals surface area (Å²) in [4.78, 5) is 35.0. The van der Waals surface area contributed by atoms with Crippen LogP contribution >= 0.6 is 0 Å². The largest absolute Gasteiger partial charge is 0.465 e. The molecule has 0 spiro atoms. The minimum atomic E-state index is -0.401. The normalized spacial score (nSPS) is 14.8. The van der Waals surface area contributed by atoms with Gasteiger partial charge in [-0.1, -0.05) is 0 Å². The molecular weight excluding hydrogens is 370 g/mol. The van der Waals surface area contributed by atoms with Crippen molar-refractivity contribution in [1.29, 1.82) is 0 Å². The lowest BCUT2D eigenvalue weighted by molar-refractivity contribution is 0.0600. The molecule has 1 saturated heterocycles. The standard InChI is InChI=1S/C21H23N5O3/c1-14-23-18-4-3-11-22-19(18)26(14)17-9-12-25(13-10-17)21(28)24-16-7-5-15(6-8-16)20(27)29-2/h3-8,11,17H,9-10,12-13H2,1-2H3,(H,24,28). The van der Waals surface area contributed by atoms with E-state index in [0.29, 0.717) is 24.3 Å². The average molecular weight is 393 g/mol. The van der Waals surface area contributed by atoms with Crippen molar-refractivity contribution in [2.24, 2.45) is 0 Å². The van der Waals surface area contributed by atoms with Gasteiger partial charge in [0, 0.05) is 31.0 Å². The molecule has 150 valence electrons. The van der Waals surface area contributed by atoms with Crippen molar-refractivity contribution >= 4 is 28.9 Å². The van der Waals surface area contributed by atoms with E-state index in [1.165, 1.54) is 7.11 Å². The smallest absolute Gasteiger partial charge is 0.337 e. The van der Waals surface area contributed by atoms with Gasteiger partial charge in [0.2, 0.25) is 0 Å². The second kappa shape index (κ2) is 7.90. The Morgan fingerprint density at radius 2 is 1.86 bits per heavy atom. The van der Waals surface area contributed by atoms with E-state index in [-0.39, 0.29) is 12.1 Å². The maximum absolute atomic E-state index is 12.6. The van der Waals surface area contributed by atoms with Gasteiger partial charge in [-0.2, -0.15) is 0 Å².